The third-order valence-corrected chi connectivity index (χ3v) is 10.0. The molecular weight excluding hydrogens is 669 g/mol. The molecule has 8 nitrogen and oxygen atoms in total. The van der Waals surface area contributed by atoms with E-state index in [-0.39, 0.29) is 39.5 Å². The summed E-state index contributed by atoms with van der Waals surface area (Å²) in [6.07, 6.45) is 0.870. The summed E-state index contributed by atoms with van der Waals surface area (Å²) in [5.41, 5.74) is 1.57. The number of ether oxygens (including phenoxy) is 1. The molecule has 0 saturated heterocycles. The lowest BCUT2D eigenvalue weighted by Gasteiger charge is -2.34. The van der Waals surface area contributed by atoms with Gasteiger partial charge in [-0.15, -0.1) is 0 Å². The van der Waals surface area contributed by atoms with Gasteiger partial charge in [-0.3, -0.25) is 13.9 Å². The number of sulfonamides is 1. The highest BCUT2D eigenvalue weighted by molar-refractivity contribution is 7.92. The maximum absolute atomic E-state index is 14.5. The SMILES string of the molecule is CCCNC(=O)[C@@H](Cc1ccccc1)N(Cc1ccc(Cl)c(Cl)c1)C(=O)CN(c1ccc(OC)c(Cl)c1)S(=O)(=O)c1ccccc1. The molecule has 0 aromatic heterocycles. The highest BCUT2D eigenvalue weighted by atomic mass is 35.5. The normalized spacial score (nSPS) is 11.8. The predicted molar refractivity (Wildman–Crippen MR) is 183 cm³/mol. The van der Waals surface area contributed by atoms with Crippen LogP contribution in [0.4, 0.5) is 5.69 Å². The summed E-state index contributed by atoms with van der Waals surface area (Å²) in [5, 5.41) is 3.69. The first-order valence-corrected chi connectivity index (χ1v) is 17.1. The van der Waals surface area contributed by atoms with Crippen molar-refractivity contribution in [2.75, 3.05) is 24.5 Å². The van der Waals surface area contributed by atoms with Crippen LogP contribution in [0.2, 0.25) is 15.1 Å². The minimum absolute atomic E-state index is 0.0210. The largest absolute Gasteiger partial charge is 0.495 e. The van der Waals surface area contributed by atoms with E-state index < -0.39 is 28.5 Å². The average Bonchev–Trinajstić information content (AvgIpc) is 3.06. The minimum atomic E-state index is -4.28. The van der Waals surface area contributed by atoms with Crippen LogP contribution >= 0.6 is 34.8 Å². The first-order chi connectivity index (χ1) is 22.0. The molecule has 2 amide bonds. The van der Waals surface area contributed by atoms with Crippen molar-refractivity contribution in [3.63, 3.8) is 0 Å². The number of nitrogens with one attached hydrogen (secondary N) is 1. The van der Waals surface area contributed by atoms with Crippen molar-refractivity contribution in [2.45, 2.75) is 37.2 Å². The van der Waals surface area contributed by atoms with Crippen LogP contribution in [0, 0.1) is 0 Å². The smallest absolute Gasteiger partial charge is 0.264 e. The number of carbonyl (C=O) groups excluding carboxylic acids is 2. The van der Waals surface area contributed by atoms with E-state index in [0.29, 0.717) is 29.3 Å². The lowest BCUT2D eigenvalue weighted by atomic mass is 10.0. The first-order valence-electron chi connectivity index (χ1n) is 14.5. The maximum Gasteiger partial charge on any atom is 0.264 e. The molecule has 4 aromatic carbocycles. The number of benzene rings is 4. The van der Waals surface area contributed by atoms with E-state index in [4.69, 9.17) is 39.5 Å². The van der Waals surface area contributed by atoms with Crippen molar-refractivity contribution in [1.29, 1.82) is 0 Å². The monoisotopic (exact) mass is 701 g/mol. The second-order valence-electron chi connectivity index (χ2n) is 10.4. The zero-order valence-corrected chi connectivity index (χ0v) is 28.4. The van der Waals surface area contributed by atoms with Gasteiger partial charge in [0.1, 0.15) is 18.3 Å². The molecule has 46 heavy (non-hydrogen) atoms. The fourth-order valence-corrected chi connectivity index (χ4v) is 6.81. The molecule has 242 valence electrons. The summed E-state index contributed by atoms with van der Waals surface area (Å²) >= 11 is 18.9. The number of nitrogens with zero attached hydrogens (tertiary/aromatic N) is 2. The molecule has 0 aliphatic heterocycles. The van der Waals surface area contributed by atoms with Crippen LogP contribution < -0.4 is 14.4 Å². The predicted octanol–water partition coefficient (Wildman–Crippen LogP) is 7.02. The van der Waals surface area contributed by atoms with E-state index in [1.54, 1.807) is 36.4 Å². The molecule has 0 aliphatic carbocycles. The van der Waals surface area contributed by atoms with Gasteiger partial charge in [0.05, 0.1) is 32.8 Å². The summed E-state index contributed by atoms with van der Waals surface area (Å²) in [6, 6.07) is 25.5. The third-order valence-electron chi connectivity index (χ3n) is 7.19. The van der Waals surface area contributed by atoms with Crippen molar-refractivity contribution in [2.24, 2.45) is 0 Å². The fourth-order valence-electron chi connectivity index (χ4n) is 4.81. The molecule has 1 N–H and O–H groups in total. The van der Waals surface area contributed by atoms with Crippen LogP contribution in [0.1, 0.15) is 24.5 Å². The molecule has 0 radical (unpaired) electrons. The Morgan fingerprint density at radius 3 is 2.11 bits per heavy atom. The van der Waals surface area contributed by atoms with Crippen molar-refractivity contribution in [3.05, 3.63) is 123 Å². The van der Waals surface area contributed by atoms with Gasteiger partial charge in [0.15, 0.2) is 0 Å². The Morgan fingerprint density at radius 2 is 1.50 bits per heavy atom. The Balaban J connectivity index is 1.82. The van der Waals surface area contributed by atoms with Crippen molar-refractivity contribution >= 4 is 62.3 Å². The highest BCUT2D eigenvalue weighted by Gasteiger charge is 2.35. The molecule has 0 bridgehead atoms. The molecule has 0 spiro atoms. The topological polar surface area (TPSA) is 96.0 Å². The fraction of sp³-hybridized carbons (Fsp3) is 0.235. The Kier molecular flexibility index (Phi) is 12.3. The molecule has 1 atom stereocenters. The van der Waals surface area contributed by atoms with E-state index in [1.165, 1.54) is 42.3 Å². The van der Waals surface area contributed by atoms with Gasteiger partial charge in [0.25, 0.3) is 10.0 Å². The summed E-state index contributed by atoms with van der Waals surface area (Å²) in [4.78, 5) is 29.6. The molecular formula is C34H34Cl3N3O5S. The summed E-state index contributed by atoms with van der Waals surface area (Å²) in [6.45, 7) is 1.65. The van der Waals surface area contributed by atoms with E-state index in [1.807, 2.05) is 37.3 Å². The van der Waals surface area contributed by atoms with Gasteiger partial charge in [-0.05, 0) is 60.0 Å². The van der Waals surface area contributed by atoms with Crippen molar-refractivity contribution < 1.29 is 22.7 Å². The second-order valence-corrected chi connectivity index (χ2v) is 13.5. The van der Waals surface area contributed by atoms with Gasteiger partial charge in [0, 0.05) is 19.5 Å². The number of rotatable bonds is 14. The second kappa shape index (κ2) is 16.2. The lowest BCUT2D eigenvalue weighted by Crippen LogP contribution is -2.53. The number of carbonyl (C=O) groups is 2. The van der Waals surface area contributed by atoms with Gasteiger partial charge in [-0.2, -0.15) is 0 Å². The van der Waals surface area contributed by atoms with Gasteiger partial charge < -0.3 is 15.0 Å². The van der Waals surface area contributed by atoms with Crippen molar-refractivity contribution in [1.82, 2.24) is 10.2 Å². The van der Waals surface area contributed by atoms with E-state index in [2.05, 4.69) is 5.32 Å². The number of hydrogen-bond acceptors (Lipinski definition) is 5. The van der Waals surface area contributed by atoms with Crippen LogP contribution in [0.5, 0.6) is 5.75 Å². The van der Waals surface area contributed by atoms with Gasteiger partial charge in [-0.25, -0.2) is 8.42 Å². The van der Waals surface area contributed by atoms with E-state index in [0.717, 1.165) is 9.87 Å². The Hall–Kier alpha value is -3.76. The highest BCUT2D eigenvalue weighted by Crippen LogP contribution is 2.32. The Morgan fingerprint density at radius 1 is 0.826 bits per heavy atom. The molecule has 0 fully saturated rings. The molecule has 4 aromatic rings. The van der Waals surface area contributed by atoms with Gasteiger partial charge >= 0.3 is 0 Å². The minimum Gasteiger partial charge on any atom is -0.495 e. The molecule has 4 rings (SSSR count). The quantitative estimate of drug-likeness (QED) is 0.153. The zero-order chi connectivity index (χ0) is 33.3. The van der Waals surface area contributed by atoms with Gasteiger partial charge in [-0.1, -0.05) is 96.3 Å². The summed E-state index contributed by atoms with van der Waals surface area (Å²) in [5.74, 6) is -0.653. The summed E-state index contributed by atoms with van der Waals surface area (Å²) in [7, 11) is -2.83. The number of hydrogen-bond donors (Lipinski definition) is 1. The number of amides is 2. The molecule has 0 saturated carbocycles. The number of anilines is 1. The van der Waals surface area contributed by atoms with E-state index in [9.17, 15) is 18.0 Å². The average molecular weight is 703 g/mol. The molecule has 0 aliphatic rings. The Bertz CT molecular complexity index is 1760. The van der Waals surface area contributed by atoms with Crippen LogP contribution in [0.3, 0.4) is 0 Å². The third kappa shape index (κ3) is 8.73. The summed E-state index contributed by atoms with van der Waals surface area (Å²) < 4.78 is 34.5. The number of halogens is 3. The van der Waals surface area contributed by atoms with Crippen LogP contribution in [-0.2, 0) is 32.6 Å². The van der Waals surface area contributed by atoms with E-state index >= 15 is 0 Å². The Labute approximate surface area is 284 Å². The standard InChI is InChI=1S/C34H34Cl3N3O5S/c1-3-18-38-34(42)31(20-24-10-6-4-7-11-24)39(22-25-14-16-28(35)29(36)19-25)33(41)23-40(26-15-17-32(45-2)30(37)21-26)46(43,44)27-12-8-5-9-13-27/h4-17,19,21,31H,3,18,20,22-23H2,1-2H3,(H,38,42)/t31-/m1/s1. The number of methoxy groups -OCH3 is 1. The zero-order valence-electron chi connectivity index (χ0n) is 25.3. The molecule has 0 unspecified atom stereocenters. The maximum atomic E-state index is 14.5. The molecule has 12 heteroatoms. The van der Waals surface area contributed by atoms with Gasteiger partial charge in [0.2, 0.25) is 11.8 Å². The van der Waals surface area contributed by atoms with Crippen LogP contribution in [0.25, 0.3) is 0 Å². The van der Waals surface area contributed by atoms with Crippen molar-refractivity contribution in [3.8, 4) is 5.75 Å². The first kappa shape index (κ1) is 35.1. The lowest BCUT2D eigenvalue weighted by molar-refractivity contribution is -0.140. The van der Waals surface area contributed by atoms with Crippen LogP contribution in [0.15, 0.2) is 102 Å². The molecule has 0 heterocycles. The van der Waals surface area contributed by atoms with Crippen LogP contribution in [-0.4, -0.2) is 51.4 Å².